The van der Waals surface area contributed by atoms with E-state index in [-0.39, 0.29) is 17.3 Å². The largest absolute Gasteiger partial charge is 0.350 e. The van der Waals surface area contributed by atoms with Gasteiger partial charge in [0, 0.05) is 21.0 Å². The summed E-state index contributed by atoms with van der Waals surface area (Å²) in [6, 6.07) is 21.3. The summed E-state index contributed by atoms with van der Waals surface area (Å²) in [5, 5.41) is 2.92. The smallest absolute Gasteiger partial charge is 0.264 e. The van der Waals surface area contributed by atoms with Crippen LogP contribution in [0.1, 0.15) is 33.3 Å². The Labute approximate surface area is 241 Å². The zero-order chi connectivity index (χ0) is 28.1. The Morgan fingerprint density at radius 1 is 0.895 bits per heavy atom. The minimum atomic E-state index is -4.09. The van der Waals surface area contributed by atoms with Crippen LogP contribution >= 0.6 is 31.9 Å². The highest BCUT2D eigenvalue weighted by Gasteiger charge is 2.33. The summed E-state index contributed by atoms with van der Waals surface area (Å²) >= 11 is 6.81. The molecule has 1 N–H and O–H groups in total. The van der Waals surface area contributed by atoms with Gasteiger partial charge in [0.15, 0.2) is 0 Å². The molecule has 0 unspecified atom stereocenters. The summed E-state index contributed by atoms with van der Waals surface area (Å²) in [4.78, 5) is 28.5. The van der Waals surface area contributed by atoms with Gasteiger partial charge in [0.1, 0.15) is 12.6 Å². The third kappa shape index (κ3) is 7.91. The van der Waals surface area contributed by atoms with Crippen molar-refractivity contribution >= 4 is 59.4 Å². The number of hydrogen-bond donors (Lipinski definition) is 1. The molecule has 0 aliphatic heterocycles. The molecule has 2 amide bonds. The van der Waals surface area contributed by atoms with Gasteiger partial charge in [-0.1, -0.05) is 68.3 Å². The molecule has 0 bridgehead atoms. The van der Waals surface area contributed by atoms with Crippen molar-refractivity contribution in [3.63, 3.8) is 0 Å². The first kappa shape index (κ1) is 29.9. The molecule has 38 heavy (non-hydrogen) atoms. The molecule has 3 aromatic carbocycles. The number of nitrogens with zero attached hydrogens (tertiary/aromatic N) is 2. The highest BCUT2D eigenvalue weighted by Crippen LogP contribution is 2.27. The fourth-order valence-electron chi connectivity index (χ4n) is 3.72. The highest BCUT2D eigenvalue weighted by molar-refractivity contribution is 9.10. The average Bonchev–Trinajstić information content (AvgIpc) is 2.85. The summed E-state index contributed by atoms with van der Waals surface area (Å²) in [6.07, 6.45) is 0. The molecule has 202 valence electrons. The van der Waals surface area contributed by atoms with Gasteiger partial charge in [-0.25, -0.2) is 8.42 Å². The van der Waals surface area contributed by atoms with Gasteiger partial charge >= 0.3 is 0 Å². The first-order valence-corrected chi connectivity index (χ1v) is 15.0. The maximum Gasteiger partial charge on any atom is 0.264 e. The van der Waals surface area contributed by atoms with E-state index in [0.29, 0.717) is 10.2 Å². The van der Waals surface area contributed by atoms with E-state index in [1.54, 1.807) is 49.4 Å². The molecule has 3 aromatic rings. The second-order valence-electron chi connectivity index (χ2n) is 9.87. The molecular formula is C28H31Br2N3O4S. The van der Waals surface area contributed by atoms with Gasteiger partial charge in [0.05, 0.1) is 10.6 Å². The molecule has 3 rings (SSSR count). The van der Waals surface area contributed by atoms with Crippen molar-refractivity contribution in [3.8, 4) is 0 Å². The number of halogens is 2. The Morgan fingerprint density at radius 3 is 2.11 bits per heavy atom. The third-order valence-electron chi connectivity index (χ3n) is 5.64. The lowest BCUT2D eigenvalue weighted by molar-refractivity contribution is -0.140. The number of rotatable bonds is 9. The number of carbonyl (C=O) groups is 2. The Balaban J connectivity index is 2.02. The van der Waals surface area contributed by atoms with Crippen LogP contribution in [0.25, 0.3) is 0 Å². The van der Waals surface area contributed by atoms with Crippen LogP contribution in [0.15, 0.2) is 92.7 Å². The van der Waals surface area contributed by atoms with Crippen LogP contribution in [0.3, 0.4) is 0 Å². The van der Waals surface area contributed by atoms with Gasteiger partial charge in [0.25, 0.3) is 10.0 Å². The standard InChI is InChI=1S/C28H31Br2N3O4S/c1-20(27(35)31-28(2,3)4)32(18-21-13-15-22(29)16-14-21)26(34)19-33(24-10-8-9-23(30)17-24)38(36,37)25-11-6-5-7-12-25/h5-17,20H,18-19H2,1-4H3,(H,31,35)/t20-/m1/s1. The number of sulfonamides is 1. The van der Waals surface area contributed by atoms with E-state index in [9.17, 15) is 18.0 Å². The van der Waals surface area contributed by atoms with E-state index in [0.717, 1.165) is 14.3 Å². The second-order valence-corrected chi connectivity index (χ2v) is 13.6. The molecule has 0 saturated heterocycles. The number of carbonyl (C=O) groups excluding carboxylic acids is 2. The predicted octanol–water partition coefficient (Wildman–Crippen LogP) is 5.74. The zero-order valence-corrected chi connectivity index (χ0v) is 25.7. The molecule has 1 atom stereocenters. The maximum atomic E-state index is 13.9. The van der Waals surface area contributed by atoms with E-state index in [2.05, 4.69) is 37.2 Å². The molecule has 0 aliphatic carbocycles. The summed E-state index contributed by atoms with van der Waals surface area (Å²) in [5.41, 5.74) is 0.625. The van der Waals surface area contributed by atoms with Crippen LogP contribution in [0.5, 0.6) is 0 Å². The van der Waals surface area contributed by atoms with Gasteiger partial charge in [-0.15, -0.1) is 0 Å². The lowest BCUT2D eigenvalue weighted by Crippen LogP contribution is -2.54. The van der Waals surface area contributed by atoms with Crippen molar-refractivity contribution in [1.82, 2.24) is 10.2 Å². The number of anilines is 1. The second kappa shape index (κ2) is 12.4. The SMILES string of the molecule is C[C@H](C(=O)NC(C)(C)C)N(Cc1ccc(Br)cc1)C(=O)CN(c1cccc(Br)c1)S(=O)(=O)c1ccccc1. The minimum Gasteiger partial charge on any atom is -0.350 e. The molecule has 0 fully saturated rings. The molecule has 7 nitrogen and oxygen atoms in total. The summed E-state index contributed by atoms with van der Waals surface area (Å²) in [5.74, 6) is -0.841. The average molecular weight is 665 g/mol. The Kier molecular flexibility index (Phi) is 9.78. The third-order valence-corrected chi connectivity index (χ3v) is 8.45. The first-order chi connectivity index (χ1) is 17.8. The van der Waals surface area contributed by atoms with E-state index in [1.165, 1.54) is 17.0 Å². The monoisotopic (exact) mass is 663 g/mol. The van der Waals surface area contributed by atoms with Gasteiger partial charge in [-0.3, -0.25) is 13.9 Å². The van der Waals surface area contributed by atoms with Crippen molar-refractivity contribution in [3.05, 3.63) is 93.4 Å². The predicted molar refractivity (Wildman–Crippen MR) is 157 cm³/mol. The number of nitrogens with one attached hydrogen (secondary N) is 1. The molecule has 10 heteroatoms. The van der Waals surface area contributed by atoms with Gasteiger partial charge in [-0.05, 0) is 75.7 Å². The van der Waals surface area contributed by atoms with E-state index < -0.39 is 34.1 Å². The van der Waals surface area contributed by atoms with E-state index >= 15 is 0 Å². The summed E-state index contributed by atoms with van der Waals surface area (Å²) in [6.45, 7) is 6.87. The topological polar surface area (TPSA) is 86.8 Å². The summed E-state index contributed by atoms with van der Waals surface area (Å²) < 4.78 is 30.1. The van der Waals surface area contributed by atoms with Gasteiger partial charge in [-0.2, -0.15) is 0 Å². The normalized spacial score (nSPS) is 12.5. The molecule has 0 saturated carbocycles. The highest BCUT2D eigenvalue weighted by atomic mass is 79.9. The molecule has 0 aromatic heterocycles. The maximum absolute atomic E-state index is 13.9. The van der Waals surface area contributed by atoms with Crippen molar-refractivity contribution in [2.45, 2.75) is 50.7 Å². The van der Waals surface area contributed by atoms with Crippen LogP contribution in [-0.4, -0.2) is 43.3 Å². The lowest BCUT2D eigenvalue weighted by atomic mass is 10.1. The quantitative estimate of drug-likeness (QED) is 0.316. The van der Waals surface area contributed by atoms with E-state index in [1.807, 2.05) is 45.0 Å². The minimum absolute atomic E-state index is 0.0609. The molecule has 0 radical (unpaired) electrons. The molecule has 0 spiro atoms. The lowest BCUT2D eigenvalue weighted by Gasteiger charge is -2.33. The summed E-state index contributed by atoms with van der Waals surface area (Å²) in [7, 11) is -4.09. The van der Waals surface area contributed by atoms with Crippen molar-refractivity contribution in [2.75, 3.05) is 10.8 Å². The van der Waals surface area contributed by atoms with Crippen LogP contribution in [0.4, 0.5) is 5.69 Å². The van der Waals surface area contributed by atoms with Crippen LogP contribution in [-0.2, 0) is 26.2 Å². The van der Waals surface area contributed by atoms with Crippen molar-refractivity contribution < 1.29 is 18.0 Å². The van der Waals surface area contributed by atoms with Crippen molar-refractivity contribution in [2.24, 2.45) is 0 Å². The van der Waals surface area contributed by atoms with Crippen LogP contribution < -0.4 is 9.62 Å². The fraction of sp³-hybridized carbons (Fsp3) is 0.286. The van der Waals surface area contributed by atoms with Crippen molar-refractivity contribution in [1.29, 1.82) is 0 Å². The number of hydrogen-bond acceptors (Lipinski definition) is 4. The van der Waals surface area contributed by atoms with Gasteiger partial charge < -0.3 is 10.2 Å². The van der Waals surface area contributed by atoms with Gasteiger partial charge in [0.2, 0.25) is 11.8 Å². The first-order valence-electron chi connectivity index (χ1n) is 12.0. The van der Waals surface area contributed by atoms with Crippen LogP contribution in [0, 0.1) is 0 Å². The molecular weight excluding hydrogens is 634 g/mol. The Morgan fingerprint density at radius 2 is 1.53 bits per heavy atom. The van der Waals surface area contributed by atoms with E-state index in [4.69, 9.17) is 0 Å². The number of benzene rings is 3. The zero-order valence-electron chi connectivity index (χ0n) is 21.7. The molecule has 0 heterocycles. The fourth-order valence-corrected chi connectivity index (χ4v) is 5.80. The number of amides is 2. The Hall–Kier alpha value is -2.69. The molecule has 0 aliphatic rings. The van der Waals surface area contributed by atoms with Crippen LogP contribution in [0.2, 0.25) is 0 Å². The Bertz CT molecular complexity index is 1380.